The van der Waals surface area contributed by atoms with Crippen molar-refractivity contribution in [2.45, 2.75) is 46.1 Å². The van der Waals surface area contributed by atoms with E-state index >= 15 is 0 Å². The lowest BCUT2D eigenvalue weighted by Crippen LogP contribution is -2.41. The predicted molar refractivity (Wildman–Crippen MR) is 131 cm³/mol. The van der Waals surface area contributed by atoms with Crippen LogP contribution in [0.25, 0.3) is 16.7 Å². The van der Waals surface area contributed by atoms with E-state index in [1.807, 2.05) is 19.1 Å². The zero-order valence-electron chi connectivity index (χ0n) is 20.1. The van der Waals surface area contributed by atoms with Crippen molar-refractivity contribution in [2.24, 2.45) is 0 Å². The summed E-state index contributed by atoms with van der Waals surface area (Å²) < 4.78 is 8.67. The monoisotopic (exact) mass is 466 g/mol. The molecule has 0 aromatic carbocycles. The minimum Gasteiger partial charge on any atom is -0.379 e. The number of unbranched alkanes of at least 4 members (excludes halogenated alkanes) is 3. The summed E-state index contributed by atoms with van der Waals surface area (Å²) in [6.45, 7) is 8.77. The summed E-state index contributed by atoms with van der Waals surface area (Å²) in [5.41, 5.74) is 1.93. The molecule has 0 saturated carbocycles. The highest BCUT2D eigenvalue weighted by Gasteiger charge is 2.19. The fraction of sp³-hybridized carbons (Fsp3) is 0.520. The van der Waals surface area contributed by atoms with Gasteiger partial charge in [0.2, 0.25) is 0 Å². The number of carbonyl (C=O) groups excluding carboxylic acids is 1. The molecule has 4 heterocycles. The largest absolute Gasteiger partial charge is 0.379 e. The first kappa shape index (κ1) is 24.1. The second kappa shape index (κ2) is 10.9. The van der Waals surface area contributed by atoms with Gasteiger partial charge in [-0.1, -0.05) is 32.3 Å². The number of aromatic nitrogens is 3. The van der Waals surface area contributed by atoms with Gasteiger partial charge in [-0.25, -0.2) is 4.98 Å². The maximum absolute atomic E-state index is 13.4. The third kappa shape index (κ3) is 5.05. The van der Waals surface area contributed by atoms with Crippen LogP contribution in [-0.2, 0) is 11.3 Å². The summed E-state index contributed by atoms with van der Waals surface area (Å²) in [6.07, 6.45) is 5.90. The van der Waals surface area contributed by atoms with E-state index in [-0.39, 0.29) is 22.5 Å². The van der Waals surface area contributed by atoms with Gasteiger partial charge in [0.1, 0.15) is 16.8 Å². The van der Waals surface area contributed by atoms with Crippen molar-refractivity contribution in [1.29, 1.82) is 5.41 Å². The Hall–Kier alpha value is -3.04. The molecule has 34 heavy (non-hydrogen) atoms. The number of morpholine rings is 1. The molecule has 0 unspecified atom stereocenters. The number of amides is 1. The van der Waals surface area contributed by atoms with Crippen LogP contribution in [0.4, 0.5) is 0 Å². The third-order valence-corrected chi connectivity index (χ3v) is 6.44. The molecule has 3 aromatic heterocycles. The van der Waals surface area contributed by atoms with E-state index in [4.69, 9.17) is 15.1 Å². The van der Waals surface area contributed by atoms with Crippen molar-refractivity contribution in [2.75, 3.05) is 39.4 Å². The van der Waals surface area contributed by atoms with Crippen molar-refractivity contribution < 1.29 is 9.53 Å². The molecule has 0 spiro atoms. The Morgan fingerprint density at radius 2 is 1.97 bits per heavy atom. The average molecular weight is 467 g/mol. The van der Waals surface area contributed by atoms with Gasteiger partial charge in [-0.2, -0.15) is 0 Å². The first-order valence-electron chi connectivity index (χ1n) is 12.2. The van der Waals surface area contributed by atoms with Crippen LogP contribution in [0.2, 0.25) is 0 Å². The number of ether oxygens (including phenoxy) is 1. The molecule has 0 bridgehead atoms. The van der Waals surface area contributed by atoms with Crippen molar-refractivity contribution in [3.63, 3.8) is 0 Å². The van der Waals surface area contributed by atoms with E-state index in [9.17, 15) is 9.59 Å². The van der Waals surface area contributed by atoms with Gasteiger partial charge in [-0.3, -0.25) is 24.3 Å². The molecule has 9 heteroatoms. The molecule has 3 aromatic rings. The summed E-state index contributed by atoms with van der Waals surface area (Å²) in [4.78, 5) is 33.5. The van der Waals surface area contributed by atoms with E-state index in [1.54, 1.807) is 10.8 Å². The predicted octanol–water partition coefficient (Wildman–Crippen LogP) is 2.08. The molecule has 0 atom stereocenters. The Balaban J connectivity index is 1.76. The molecule has 4 rings (SSSR count). The van der Waals surface area contributed by atoms with Gasteiger partial charge in [0.05, 0.1) is 24.2 Å². The van der Waals surface area contributed by atoms with E-state index < -0.39 is 0 Å². The number of aryl methyl sites for hydroxylation is 1. The molecule has 1 saturated heterocycles. The second-order valence-corrected chi connectivity index (χ2v) is 8.87. The highest BCUT2D eigenvalue weighted by Crippen LogP contribution is 2.13. The van der Waals surface area contributed by atoms with E-state index in [2.05, 4.69) is 17.1 Å². The van der Waals surface area contributed by atoms with Gasteiger partial charge in [0.25, 0.3) is 11.5 Å². The zero-order chi connectivity index (χ0) is 24.1. The first-order chi connectivity index (χ1) is 16.5. The first-order valence-corrected chi connectivity index (χ1v) is 12.2. The van der Waals surface area contributed by atoms with Crippen LogP contribution in [-0.4, -0.2) is 64.2 Å². The Morgan fingerprint density at radius 1 is 1.18 bits per heavy atom. The molecular weight excluding hydrogens is 432 g/mol. The number of nitrogens with zero attached hydrogens (tertiary/aromatic N) is 4. The van der Waals surface area contributed by atoms with Crippen LogP contribution in [0.1, 0.15) is 48.5 Å². The lowest BCUT2D eigenvalue weighted by atomic mass is 10.1. The van der Waals surface area contributed by atoms with Gasteiger partial charge in [-0.05, 0) is 31.0 Å². The lowest BCUT2D eigenvalue weighted by molar-refractivity contribution is 0.0363. The van der Waals surface area contributed by atoms with Crippen molar-refractivity contribution in [1.82, 2.24) is 24.2 Å². The maximum Gasteiger partial charge on any atom is 0.267 e. The summed E-state index contributed by atoms with van der Waals surface area (Å²) in [5.74, 6) is -0.322. The van der Waals surface area contributed by atoms with Crippen LogP contribution in [0, 0.1) is 12.3 Å². The smallest absolute Gasteiger partial charge is 0.267 e. The molecule has 1 amide bonds. The second-order valence-electron chi connectivity index (χ2n) is 8.87. The molecule has 9 nitrogen and oxygen atoms in total. The van der Waals surface area contributed by atoms with Crippen molar-refractivity contribution >= 4 is 22.6 Å². The van der Waals surface area contributed by atoms with Crippen LogP contribution in [0.15, 0.2) is 29.2 Å². The van der Waals surface area contributed by atoms with Crippen LogP contribution in [0.3, 0.4) is 0 Å². The van der Waals surface area contributed by atoms with Gasteiger partial charge in [0.15, 0.2) is 0 Å². The quantitative estimate of drug-likeness (QED) is 0.371. The Labute approximate surface area is 198 Å². The molecule has 1 fully saturated rings. The lowest BCUT2D eigenvalue weighted by Gasteiger charge is -2.27. The summed E-state index contributed by atoms with van der Waals surface area (Å²) in [7, 11) is 0. The van der Waals surface area contributed by atoms with Gasteiger partial charge in [0, 0.05) is 38.9 Å². The number of carbonyl (C=O) groups is 1. The molecule has 1 aliphatic rings. The number of fused-ring (bicyclic) bond motifs is 2. The van der Waals surface area contributed by atoms with E-state index in [0.29, 0.717) is 49.5 Å². The molecule has 182 valence electrons. The number of hydrogen-bond acceptors (Lipinski definition) is 6. The van der Waals surface area contributed by atoms with Crippen molar-refractivity contribution in [3.8, 4) is 0 Å². The Kier molecular flexibility index (Phi) is 7.74. The van der Waals surface area contributed by atoms with Gasteiger partial charge in [-0.15, -0.1) is 0 Å². The summed E-state index contributed by atoms with van der Waals surface area (Å²) in [5, 5.41) is 12.1. The SMILES string of the molecule is CCCCCCNC(=O)c1cc2c(=O)n3cccc(C)c3nc2n(CCN2CCOCC2)c1=N. The highest BCUT2D eigenvalue weighted by atomic mass is 16.5. The van der Waals surface area contributed by atoms with Gasteiger partial charge < -0.3 is 14.6 Å². The van der Waals surface area contributed by atoms with E-state index in [0.717, 1.165) is 44.3 Å². The third-order valence-electron chi connectivity index (χ3n) is 6.44. The normalized spacial score (nSPS) is 14.6. The summed E-state index contributed by atoms with van der Waals surface area (Å²) >= 11 is 0. The fourth-order valence-electron chi connectivity index (χ4n) is 4.40. The number of nitrogens with one attached hydrogen (secondary N) is 2. The fourth-order valence-corrected chi connectivity index (χ4v) is 4.40. The standard InChI is InChI=1S/C25H34N6O3/c1-3-4-5-6-9-27-24(32)19-17-20-23(28-22-18(2)8-7-10-31(22)25(20)33)30(21(19)26)12-11-29-13-15-34-16-14-29/h7-8,10,17,26H,3-6,9,11-16H2,1-2H3,(H,27,32). The zero-order valence-corrected chi connectivity index (χ0v) is 20.1. The molecular formula is C25H34N6O3. The number of rotatable bonds is 9. The molecule has 1 aliphatic heterocycles. The van der Waals surface area contributed by atoms with Crippen LogP contribution < -0.4 is 16.4 Å². The number of hydrogen-bond donors (Lipinski definition) is 2. The Bertz CT molecular complexity index is 1290. The topological polar surface area (TPSA) is 105 Å². The average Bonchev–Trinajstić information content (AvgIpc) is 2.84. The molecule has 2 N–H and O–H groups in total. The van der Waals surface area contributed by atoms with Crippen LogP contribution >= 0.6 is 0 Å². The minimum absolute atomic E-state index is 0.0802. The van der Waals surface area contributed by atoms with E-state index in [1.165, 1.54) is 10.5 Å². The highest BCUT2D eigenvalue weighted by molar-refractivity contribution is 5.96. The minimum atomic E-state index is -0.322. The molecule has 0 radical (unpaired) electrons. The maximum atomic E-state index is 13.4. The van der Waals surface area contributed by atoms with Gasteiger partial charge >= 0.3 is 0 Å². The van der Waals surface area contributed by atoms with Crippen molar-refractivity contribution in [3.05, 3.63) is 51.4 Å². The Morgan fingerprint density at radius 3 is 2.74 bits per heavy atom. The summed E-state index contributed by atoms with van der Waals surface area (Å²) in [6, 6.07) is 5.26. The van der Waals surface area contributed by atoms with Crippen LogP contribution in [0.5, 0.6) is 0 Å². The number of pyridine rings is 2. The molecule has 0 aliphatic carbocycles.